The van der Waals surface area contributed by atoms with Crippen molar-refractivity contribution in [3.63, 3.8) is 0 Å². The molecule has 0 saturated heterocycles. The number of nitriles is 1. The molecule has 3 aromatic carbocycles. The van der Waals surface area contributed by atoms with Crippen molar-refractivity contribution in [2.45, 2.75) is 32.6 Å². The topological polar surface area (TPSA) is 50.1 Å². The van der Waals surface area contributed by atoms with Crippen LogP contribution in [0.3, 0.4) is 0 Å². The number of halogens is 6. The van der Waals surface area contributed by atoms with E-state index < -0.39 is 68.9 Å². The van der Waals surface area contributed by atoms with Crippen molar-refractivity contribution in [3.8, 4) is 22.9 Å². The van der Waals surface area contributed by atoms with E-state index in [1.807, 2.05) is 6.92 Å². The number of ether oxygens (including phenoxy) is 1. The summed E-state index contributed by atoms with van der Waals surface area (Å²) >= 11 is 0. The van der Waals surface area contributed by atoms with Crippen LogP contribution in [0.1, 0.15) is 47.7 Å². The van der Waals surface area contributed by atoms with Gasteiger partial charge in [0.2, 0.25) is 0 Å². The minimum atomic E-state index is -1.64. The van der Waals surface area contributed by atoms with Gasteiger partial charge in [-0.25, -0.2) is 31.1 Å². The van der Waals surface area contributed by atoms with Gasteiger partial charge in [-0.05, 0) is 48.2 Å². The van der Waals surface area contributed by atoms with Gasteiger partial charge in [-0.15, -0.1) is 0 Å². The van der Waals surface area contributed by atoms with Crippen LogP contribution in [0.5, 0.6) is 5.75 Å². The molecule has 0 N–H and O–H groups in total. The first-order valence-electron chi connectivity index (χ1n) is 10.2. The second-order valence-electron chi connectivity index (χ2n) is 7.47. The molecule has 0 aliphatic carbocycles. The molecule has 0 heterocycles. The van der Waals surface area contributed by atoms with Gasteiger partial charge in [-0.1, -0.05) is 19.8 Å². The van der Waals surface area contributed by atoms with Crippen molar-refractivity contribution in [2.24, 2.45) is 0 Å². The lowest BCUT2D eigenvalue weighted by Gasteiger charge is -2.11. The van der Waals surface area contributed by atoms with Gasteiger partial charge in [0.25, 0.3) is 0 Å². The fourth-order valence-electron chi connectivity index (χ4n) is 3.41. The highest BCUT2D eigenvalue weighted by atomic mass is 19.2. The maximum absolute atomic E-state index is 14.6. The van der Waals surface area contributed by atoms with Gasteiger partial charge in [0.05, 0.1) is 5.56 Å². The summed E-state index contributed by atoms with van der Waals surface area (Å²) in [6.45, 7) is 1.98. The number of carbonyl (C=O) groups is 1. The zero-order valence-corrected chi connectivity index (χ0v) is 17.8. The Labute approximate surface area is 191 Å². The van der Waals surface area contributed by atoms with Crippen molar-refractivity contribution < 1.29 is 35.9 Å². The van der Waals surface area contributed by atoms with Gasteiger partial charge < -0.3 is 4.74 Å². The van der Waals surface area contributed by atoms with Crippen LogP contribution >= 0.6 is 0 Å². The number of hydrogen-bond donors (Lipinski definition) is 0. The van der Waals surface area contributed by atoms with E-state index in [4.69, 9.17) is 5.26 Å². The van der Waals surface area contributed by atoms with Gasteiger partial charge in [0.15, 0.2) is 0 Å². The Kier molecular flexibility index (Phi) is 7.61. The highest BCUT2D eigenvalue weighted by Gasteiger charge is 2.24. The van der Waals surface area contributed by atoms with E-state index in [-0.39, 0.29) is 0 Å². The summed E-state index contributed by atoms with van der Waals surface area (Å²) in [7, 11) is 0. The van der Waals surface area contributed by atoms with Crippen LogP contribution in [-0.4, -0.2) is 5.97 Å². The molecule has 9 heteroatoms. The summed E-state index contributed by atoms with van der Waals surface area (Å²) in [5.74, 6) is -10.1. The van der Waals surface area contributed by atoms with Gasteiger partial charge in [0, 0.05) is 12.1 Å². The third kappa shape index (κ3) is 5.22. The van der Waals surface area contributed by atoms with E-state index in [1.54, 1.807) is 0 Å². The molecule has 3 nitrogen and oxygen atoms in total. The Balaban J connectivity index is 1.91. The fraction of sp³-hybridized carbons (Fsp3) is 0.200. The third-order valence-electron chi connectivity index (χ3n) is 5.04. The van der Waals surface area contributed by atoms with E-state index in [0.717, 1.165) is 31.4 Å². The summed E-state index contributed by atoms with van der Waals surface area (Å²) in [5, 5.41) is 8.66. The van der Waals surface area contributed by atoms with E-state index in [9.17, 15) is 31.1 Å². The fourth-order valence-corrected chi connectivity index (χ4v) is 3.41. The highest BCUT2D eigenvalue weighted by Crippen LogP contribution is 2.31. The molecule has 34 heavy (non-hydrogen) atoms. The van der Waals surface area contributed by atoms with Crippen molar-refractivity contribution >= 4 is 5.97 Å². The zero-order valence-electron chi connectivity index (χ0n) is 17.8. The van der Waals surface area contributed by atoms with Crippen molar-refractivity contribution in [2.75, 3.05) is 0 Å². The van der Waals surface area contributed by atoms with Crippen molar-refractivity contribution in [3.05, 3.63) is 88.0 Å². The number of benzene rings is 3. The maximum Gasteiger partial charge on any atom is 0.349 e. The summed E-state index contributed by atoms with van der Waals surface area (Å²) in [6.07, 6.45) is 2.96. The van der Waals surface area contributed by atoms with Gasteiger partial charge >= 0.3 is 5.97 Å². The Bertz CT molecular complexity index is 1230. The standard InChI is InChI=1S/C25H17F6NO2/c1-2-3-4-5-13-6-19(28)23(20(29)7-13)14-8-21(30)24(22(31)9-14)25(33)34-15-10-17(26)16(12-32)18(27)11-15/h6-11H,2-5H2,1H3. The number of hydrogen-bond acceptors (Lipinski definition) is 3. The van der Waals surface area contributed by atoms with Crippen LogP contribution in [0.2, 0.25) is 0 Å². The molecule has 0 aliphatic heterocycles. The molecule has 0 amide bonds. The highest BCUT2D eigenvalue weighted by molar-refractivity contribution is 5.92. The number of nitrogens with zero attached hydrogens (tertiary/aromatic N) is 1. The minimum absolute atomic E-state index is 0.398. The lowest BCUT2D eigenvalue weighted by molar-refractivity contribution is 0.0724. The van der Waals surface area contributed by atoms with E-state index in [1.165, 1.54) is 6.07 Å². The second kappa shape index (κ2) is 10.4. The smallest absolute Gasteiger partial charge is 0.349 e. The second-order valence-corrected chi connectivity index (χ2v) is 7.47. The lowest BCUT2D eigenvalue weighted by atomic mass is 9.98. The first kappa shape index (κ1) is 24.8. The van der Waals surface area contributed by atoms with Crippen molar-refractivity contribution in [1.82, 2.24) is 0 Å². The maximum atomic E-state index is 14.6. The monoisotopic (exact) mass is 477 g/mol. The molecule has 0 unspecified atom stereocenters. The number of esters is 1. The molecule has 0 radical (unpaired) electrons. The molecule has 176 valence electrons. The summed E-state index contributed by atoms with van der Waals surface area (Å²) in [6, 6.07) is 5.54. The molecular formula is C25H17F6NO2. The first-order chi connectivity index (χ1) is 16.2. The Morgan fingerprint density at radius 1 is 0.824 bits per heavy atom. The van der Waals surface area contributed by atoms with Crippen molar-refractivity contribution in [1.29, 1.82) is 5.26 Å². The van der Waals surface area contributed by atoms with Crippen LogP contribution < -0.4 is 4.74 Å². The van der Waals surface area contributed by atoms with E-state index in [0.29, 0.717) is 36.2 Å². The van der Waals surface area contributed by atoms with Crippen LogP contribution in [0.25, 0.3) is 11.1 Å². The van der Waals surface area contributed by atoms with Crippen LogP contribution in [0.4, 0.5) is 26.3 Å². The van der Waals surface area contributed by atoms with Gasteiger partial charge in [-0.2, -0.15) is 5.26 Å². The predicted molar refractivity (Wildman–Crippen MR) is 111 cm³/mol. The SMILES string of the molecule is CCCCCc1cc(F)c(-c2cc(F)c(C(=O)Oc3cc(F)c(C#N)c(F)c3)c(F)c2)c(F)c1. The largest absolute Gasteiger partial charge is 0.423 e. The molecule has 0 spiro atoms. The molecule has 3 rings (SSSR count). The molecule has 0 atom stereocenters. The summed E-state index contributed by atoms with van der Waals surface area (Å²) in [5.41, 5.74) is -2.92. The summed E-state index contributed by atoms with van der Waals surface area (Å²) in [4.78, 5) is 12.2. The average Bonchev–Trinajstić information content (AvgIpc) is 2.73. The number of carbonyl (C=O) groups excluding carboxylic acids is 1. The molecular weight excluding hydrogens is 460 g/mol. The number of aryl methyl sites for hydroxylation is 1. The molecule has 0 aromatic heterocycles. The van der Waals surface area contributed by atoms with Gasteiger partial charge in [-0.3, -0.25) is 0 Å². The summed E-state index contributed by atoms with van der Waals surface area (Å²) < 4.78 is 90.3. The molecule has 0 fully saturated rings. The Morgan fingerprint density at radius 3 is 1.88 bits per heavy atom. The predicted octanol–water partition coefficient (Wildman–Crippen LogP) is 7.01. The van der Waals surface area contributed by atoms with Gasteiger partial charge in [0.1, 0.15) is 57.8 Å². The quantitative estimate of drug-likeness (QED) is 0.159. The Morgan fingerprint density at radius 2 is 1.38 bits per heavy atom. The molecule has 3 aromatic rings. The van der Waals surface area contributed by atoms with E-state index >= 15 is 0 Å². The van der Waals surface area contributed by atoms with Crippen LogP contribution in [-0.2, 0) is 6.42 Å². The molecule has 0 bridgehead atoms. The average molecular weight is 477 g/mol. The minimum Gasteiger partial charge on any atom is -0.423 e. The molecule has 0 aliphatic rings. The number of rotatable bonds is 7. The van der Waals surface area contributed by atoms with Crippen LogP contribution in [0.15, 0.2) is 36.4 Å². The normalized spacial score (nSPS) is 10.8. The zero-order chi connectivity index (χ0) is 25.0. The molecule has 0 saturated carbocycles. The van der Waals surface area contributed by atoms with Crippen LogP contribution in [0, 0.1) is 46.2 Å². The number of unbranched alkanes of at least 4 members (excludes halogenated alkanes) is 2. The first-order valence-corrected chi connectivity index (χ1v) is 10.2. The third-order valence-corrected chi connectivity index (χ3v) is 5.04. The van der Waals surface area contributed by atoms with E-state index in [2.05, 4.69) is 4.74 Å². The lowest BCUT2D eigenvalue weighted by Crippen LogP contribution is -2.14. The Hall–Kier alpha value is -3.80.